The van der Waals surface area contributed by atoms with Crippen LogP contribution >= 0.6 is 0 Å². The van der Waals surface area contributed by atoms with Gasteiger partial charge in [0.15, 0.2) is 5.41 Å². The van der Waals surface area contributed by atoms with Crippen molar-refractivity contribution in [3.63, 3.8) is 0 Å². The summed E-state index contributed by atoms with van der Waals surface area (Å²) >= 11 is 0. The van der Waals surface area contributed by atoms with Crippen molar-refractivity contribution in [1.82, 2.24) is 0 Å². The highest BCUT2D eigenvalue weighted by atomic mass is 19.4. The van der Waals surface area contributed by atoms with Crippen molar-refractivity contribution in [2.75, 3.05) is 0 Å². The van der Waals surface area contributed by atoms with Crippen LogP contribution in [0.5, 0.6) is 0 Å². The molecule has 15 heavy (non-hydrogen) atoms. The van der Waals surface area contributed by atoms with E-state index in [4.69, 9.17) is 0 Å². The monoisotopic (exact) mass is 232 g/mol. The first-order valence-corrected chi connectivity index (χ1v) is 4.77. The first-order valence-electron chi connectivity index (χ1n) is 4.77. The molecule has 3 atom stereocenters. The van der Waals surface area contributed by atoms with E-state index in [2.05, 4.69) is 0 Å². The Balaban J connectivity index is 2.46. The maximum absolute atomic E-state index is 12.6. The first-order chi connectivity index (χ1) is 6.64. The molecule has 0 unspecified atom stereocenters. The van der Waals surface area contributed by atoms with Crippen molar-refractivity contribution in [3.8, 4) is 0 Å². The first kappa shape index (κ1) is 11.1. The maximum atomic E-state index is 12.6. The highest BCUT2D eigenvalue weighted by molar-refractivity contribution is 5.17. The summed E-state index contributed by atoms with van der Waals surface area (Å²) in [6.45, 7) is 1.48. The number of hydrogen-bond donors (Lipinski definition) is 0. The van der Waals surface area contributed by atoms with Gasteiger partial charge in [0, 0.05) is 0 Å². The molecule has 0 radical (unpaired) electrons. The fourth-order valence-electron chi connectivity index (χ4n) is 3.61. The average Bonchev–Trinajstić information content (AvgIpc) is 2.53. The van der Waals surface area contributed by atoms with Crippen LogP contribution in [0.25, 0.3) is 0 Å². The minimum absolute atomic E-state index is 0.0465. The third-order valence-electron chi connectivity index (χ3n) is 4.17. The summed E-state index contributed by atoms with van der Waals surface area (Å²) in [5, 5.41) is 0. The molecular formula is C9H10F6. The van der Waals surface area contributed by atoms with E-state index in [9.17, 15) is 26.3 Å². The van der Waals surface area contributed by atoms with E-state index in [1.807, 2.05) is 0 Å². The molecule has 0 heterocycles. The van der Waals surface area contributed by atoms with E-state index in [1.54, 1.807) is 0 Å². The lowest BCUT2D eigenvalue weighted by Gasteiger charge is -2.55. The van der Waals surface area contributed by atoms with Crippen molar-refractivity contribution in [2.45, 2.75) is 32.1 Å². The topological polar surface area (TPSA) is 0 Å². The molecular weight excluding hydrogens is 222 g/mol. The summed E-state index contributed by atoms with van der Waals surface area (Å²) in [6.07, 6.45) is -10.2. The van der Waals surface area contributed by atoms with E-state index >= 15 is 0 Å². The van der Waals surface area contributed by atoms with Crippen molar-refractivity contribution >= 4 is 0 Å². The van der Waals surface area contributed by atoms with Gasteiger partial charge in [0.05, 0.1) is 0 Å². The summed E-state index contributed by atoms with van der Waals surface area (Å²) in [5.41, 5.74) is -3.40. The van der Waals surface area contributed by atoms with Crippen molar-refractivity contribution in [3.05, 3.63) is 0 Å². The lowest BCUT2D eigenvalue weighted by molar-refractivity contribution is -0.406. The maximum Gasteiger partial charge on any atom is 0.403 e. The smallest absolute Gasteiger partial charge is 0.170 e. The number of alkyl halides is 6. The SMILES string of the molecule is C[C@H]1[C@H]2CC[C@@H]1C2(C(F)(F)F)C(F)(F)F. The molecule has 6 heteroatoms. The van der Waals surface area contributed by atoms with E-state index in [1.165, 1.54) is 6.92 Å². The van der Waals surface area contributed by atoms with Gasteiger partial charge >= 0.3 is 12.4 Å². The second-order valence-corrected chi connectivity index (χ2v) is 4.51. The molecule has 2 bridgehead atoms. The van der Waals surface area contributed by atoms with E-state index in [0.29, 0.717) is 0 Å². The van der Waals surface area contributed by atoms with Gasteiger partial charge in [-0.3, -0.25) is 0 Å². The van der Waals surface area contributed by atoms with Crippen molar-refractivity contribution in [1.29, 1.82) is 0 Å². The molecule has 0 aromatic carbocycles. The van der Waals surface area contributed by atoms with Gasteiger partial charge in [0.2, 0.25) is 0 Å². The van der Waals surface area contributed by atoms with E-state index in [0.717, 1.165) is 0 Å². The second-order valence-electron chi connectivity index (χ2n) is 4.51. The zero-order valence-corrected chi connectivity index (χ0v) is 7.91. The number of halogens is 6. The molecule has 3 fully saturated rings. The van der Waals surface area contributed by atoms with Crippen LogP contribution < -0.4 is 0 Å². The van der Waals surface area contributed by atoms with Crippen LogP contribution in [0.1, 0.15) is 19.8 Å². The van der Waals surface area contributed by atoms with Crippen LogP contribution in [0.4, 0.5) is 26.3 Å². The normalized spacial score (nSPS) is 39.0. The molecule has 0 amide bonds. The van der Waals surface area contributed by atoms with Crippen LogP contribution in [-0.4, -0.2) is 12.4 Å². The van der Waals surface area contributed by atoms with Crippen LogP contribution in [-0.2, 0) is 0 Å². The van der Waals surface area contributed by atoms with Gasteiger partial charge in [0.25, 0.3) is 0 Å². The summed E-state index contributed by atoms with van der Waals surface area (Å²) < 4.78 is 75.9. The van der Waals surface area contributed by atoms with Crippen LogP contribution in [0, 0.1) is 23.2 Å². The summed E-state index contributed by atoms with van der Waals surface area (Å²) in [7, 11) is 0. The molecule has 3 aliphatic rings. The summed E-state index contributed by atoms with van der Waals surface area (Å²) in [5.74, 6) is -2.97. The molecule has 3 rings (SSSR count). The Kier molecular flexibility index (Phi) is 1.94. The predicted octanol–water partition coefficient (Wildman–Crippen LogP) is 3.77. The number of fused-ring (bicyclic) bond motifs is 1. The molecule has 3 saturated carbocycles. The Bertz CT molecular complexity index is 247. The molecule has 0 spiro atoms. The second kappa shape index (κ2) is 2.63. The van der Waals surface area contributed by atoms with Gasteiger partial charge in [-0.25, -0.2) is 0 Å². The van der Waals surface area contributed by atoms with Gasteiger partial charge in [-0.1, -0.05) is 6.92 Å². The molecule has 0 aliphatic heterocycles. The van der Waals surface area contributed by atoms with Crippen molar-refractivity contribution < 1.29 is 26.3 Å². The Morgan fingerprint density at radius 3 is 1.33 bits per heavy atom. The highest BCUT2D eigenvalue weighted by Gasteiger charge is 2.85. The lowest BCUT2D eigenvalue weighted by Crippen LogP contribution is -2.66. The van der Waals surface area contributed by atoms with Crippen LogP contribution in [0.3, 0.4) is 0 Å². The zero-order valence-electron chi connectivity index (χ0n) is 7.91. The molecule has 0 aromatic heterocycles. The third kappa shape index (κ3) is 1.00. The number of rotatable bonds is 0. The van der Waals surface area contributed by atoms with E-state index in [-0.39, 0.29) is 12.8 Å². The standard InChI is InChI=1S/C9H10F6/c1-4-5-2-3-6(4)7(5,8(10,11)12)9(13,14)15/h4-6H,2-3H2,1H3/t4-,5+,6-. The Hall–Kier alpha value is -0.420. The zero-order chi connectivity index (χ0) is 11.6. The minimum atomic E-state index is -5.16. The third-order valence-corrected chi connectivity index (χ3v) is 4.17. The van der Waals surface area contributed by atoms with Gasteiger partial charge < -0.3 is 0 Å². The summed E-state index contributed by atoms with van der Waals surface area (Å²) in [4.78, 5) is 0. The Morgan fingerprint density at radius 2 is 1.20 bits per heavy atom. The van der Waals surface area contributed by atoms with Gasteiger partial charge in [-0.05, 0) is 30.6 Å². The van der Waals surface area contributed by atoms with Gasteiger partial charge in [-0.15, -0.1) is 0 Å². The lowest BCUT2D eigenvalue weighted by atomic mass is 9.51. The average molecular weight is 232 g/mol. The predicted molar refractivity (Wildman–Crippen MR) is 39.9 cm³/mol. The van der Waals surface area contributed by atoms with Crippen molar-refractivity contribution in [2.24, 2.45) is 23.2 Å². The quantitative estimate of drug-likeness (QED) is 0.557. The molecule has 0 aromatic rings. The molecule has 3 aliphatic carbocycles. The summed E-state index contributed by atoms with van der Waals surface area (Å²) in [6, 6.07) is 0. The van der Waals surface area contributed by atoms with Gasteiger partial charge in [0.1, 0.15) is 0 Å². The van der Waals surface area contributed by atoms with Crippen LogP contribution in [0.15, 0.2) is 0 Å². The fourth-order valence-corrected chi connectivity index (χ4v) is 3.61. The molecule has 88 valence electrons. The molecule has 0 saturated heterocycles. The largest absolute Gasteiger partial charge is 0.403 e. The highest BCUT2D eigenvalue weighted by Crippen LogP contribution is 2.76. The molecule has 0 nitrogen and oxygen atoms in total. The van der Waals surface area contributed by atoms with E-state index < -0.39 is 35.5 Å². The minimum Gasteiger partial charge on any atom is -0.170 e. The fraction of sp³-hybridized carbons (Fsp3) is 1.00. The Morgan fingerprint density at radius 1 is 0.867 bits per heavy atom. The molecule has 0 N–H and O–H groups in total. The number of hydrogen-bond acceptors (Lipinski definition) is 0. The van der Waals surface area contributed by atoms with Crippen LogP contribution in [0.2, 0.25) is 0 Å². The van der Waals surface area contributed by atoms with Gasteiger partial charge in [-0.2, -0.15) is 26.3 Å². The Labute approximate surface area is 82.6 Å².